The van der Waals surface area contributed by atoms with Crippen molar-refractivity contribution in [1.29, 1.82) is 0 Å². The third-order valence-electron chi connectivity index (χ3n) is 5.52. The van der Waals surface area contributed by atoms with Gasteiger partial charge in [-0.2, -0.15) is 4.31 Å². The number of nitrogens with one attached hydrogen (secondary N) is 1. The van der Waals surface area contributed by atoms with Gasteiger partial charge in [-0.1, -0.05) is 12.8 Å². The van der Waals surface area contributed by atoms with E-state index in [-0.39, 0.29) is 11.8 Å². The van der Waals surface area contributed by atoms with Crippen LogP contribution in [0, 0.1) is 11.8 Å². The molecule has 1 aromatic heterocycles. The highest BCUT2D eigenvalue weighted by atomic mass is 32.2. The molecular weight excluding hydrogens is 370 g/mol. The Hall–Kier alpha value is -0.960. The summed E-state index contributed by atoms with van der Waals surface area (Å²) in [5.74, 6) is 0.437. The summed E-state index contributed by atoms with van der Waals surface area (Å²) in [4.78, 5) is 13.3. The van der Waals surface area contributed by atoms with E-state index < -0.39 is 10.0 Å². The van der Waals surface area contributed by atoms with Gasteiger partial charge in [0.1, 0.15) is 4.21 Å². The molecule has 0 unspecified atom stereocenters. The van der Waals surface area contributed by atoms with Crippen molar-refractivity contribution in [2.24, 2.45) is 17.6 Å². The molecule has 1 aliphatic heterocycles. The van der Waals surface area contributed by atoms with E-state index in [9.17, 15) is 13.2 Å². The van der Waals surface area contributed by atoms with E-state index in [1.165, 1.54) is 11.3 Å². The van der Waals surface area contributed by atoms with E-state index >= 15 is 0 Å². The molecular formula is C18H29N3O3S2. The number of rotatable bonds is 7. The van der Waals surface area contributed by atoms with Crippen LogP contribution < -0.4 is 11.1 Å². The number of hydrogen-bond acceptors (Lipinski definition) is 5. The molecule has 146 valence electrons. The van der Waals surface area contributed by atoms with Crippen LogP contribution in [0.4, 0.5) is 0 Å². The predicted octanol–water partition coefficient (Wildman–Crippen LogP) is 1.96. The van der Waals surface area contributed by atoms with Gasteiger partial charge in [-0.15, -0.1) is 11.3 Å². The summed E-state index contributed by atoms with van der Waals surface area (Å²) < 4.78 is 27.4. The highest BCUT2D eigenvalue weighted by Crippen LogP contribution is 2.31. The number of hydrogen-bond donors (Lipinski definition) is 2. The average molecular weight is 400 g/mol. The number of nitrogens with zero attached hydrogens (tertiary/aromatic N) is 1. The molecule has 0 radical (unpaired) electrons. The van der Waals surface area contributed by atoms with Crippen LogP contribution in [0.5, 0.6) is 0 Å². The summed E-state index contributed by atoms with van der Waals surface area (Å²) in [6.45, 7) is 2.35. The van der Waals surface area contributed by atoms with Crippen LogP contribution in [-0.2, 0) is 21.2 Å². The van der Waals surface area contributed by atoms with Gasteiger partial charge in [0.15, 0.2) is 0 Å². The Morgan fingerprint density at radius 1 is 1.19 bits per heavy atom. The topological polar surface area (TPSA) is 92.5 Å². The summed E-state index contributed by atoms with van der Waals surface area (Å²) in [7, 11) is -3.36. The molecule has 6 nitrogen and oxygen atoms in total. The van der Waals surface area contributed by atoms with Crippen LogP contribution in [-0.4, -0.2) is 44.8 Å². The zero-order valence-corrected chi connectivity index (χ0v) is 16.8. The molecule has 3 N–H and O–H groups in total. The third kappa shape index (κ3) is 4.47. The smallest absolute Gasteiger partial charge is 0.252 e. The summed E-state index contributed by atoms with van der Waals surface area (Å²) in [6.07, 6.45) is 6.67. The Kier molecular flexibility index (Phi) is 6.71. The molecule has 1 saturated heterocycles. The minimum Gasteiger partial charge on any atom is -0.355 e. The number of amides is 1. The normalized spacial score (nSPS) is 24.7. The van der Waals surface area contributed by atoms with Crippen molar-refractivity contribution in [3.8, 4) is 0 Å². The number of thiophene rings is 1. The standard InChI is InChI=1S/C18H29N3O3S2/c19-13-14-5-4-6-16(14)18(22)20-10-9-15-7-8-17(25-15)26(23,24)21-11-2-1-3-12-21/h7-8,14,16H,1-6,9-13,19H2,(H,20,22)/t14-,16-/m1/s1. The lowest BCUT2D eigenvalue weighted by atomic mass is 9.95. The zero-order valence-electron chi connectivity index (χ0n) is 15.2. The molecule has 1 aliphatic carbocycles. The molecule has 1 aromatic rings. The first-order chi connectivity index (χ1) is 12.5. The highest BCUT2D eigenvalue weighted by Gasteiger charge is 2.31. The number of carbonyl (C=O) groups is 1. The maximum Gasteiger partial charge on any atom is 0.252 e. The first-order valence-electron chi connectivity index (χ1n) is 9.59. The largest absolute Gasteiger partial charge is 0.355 e. The summed E-state index contributed by atoms with van der Waals surface area (Å²) in [5.41, 5.74) is 5.75. The minimum atomic E-state index is -3.36. The molecule has 0 aromatic carbocycles. The quantitative estimate of drug-likeness (QED) is 0.733. The number of piperidine rings is 1. The van der Waals surface area contributed by atoms with E-state index in [1.807, 2.05) is 6.07 Å². The fourth-order valence-electron chi connectivity index (χ4n) is 3.97. The fraction of sp³-hybridized carbons (Fsp3) is 0.722. The number of sulfonamides is 1. The van der Waals surface area contributed by atoms with Crippen LogP contribution in [0.3, 0.4) is 0 Å². The maximum absolute atomic E-state index is 12.7. The zero-order chi connectivity index (χ0) is 18.6. The number of nitrogens with two attached hydrogens (primary N) is 1. The molecule has 2 heterocycles. The van der Waals surface area contributed by atoms with Crippen molar-refractivity contribution in [2.45, 2.75) is 49.2 Å². The van der Waals surface area contributed by atoms with Crippen LogP contribution in [0.25, 0.3) is 0 Å². The van der Waals surface area contributed by atoms with Gasteiger partial charge >= 0.3 is 0 Å². The maximum atomic E-state index is 12.7. The minimum absolute atomic E-state index is 0.0402. The molecule has 0 spiro atoms. The monoisotopic (exact) mass is 399 g/mol. The Balaban J connectivity index is 1.51. The molecule has 1 saturated carbocycles. The SMILES string of the molecule is NC[C@H]1CCC[C@H]1C(=O)NCCc1ccc(S(=O)(=O)N2CCCCC2)s1. The van der Waals surface area contributed by atoms with Gasteiger partial charge in [-0.3, -0.25) is 4.79 Å². The van der Waals surface area contributed by atoms with Crippen molar-refractivity contribution in [3.63, 3.8) is 0 Å². The van der Waals surface area contributed by atoms with Gasteiger partial charge < -0.3 is 11.1 Å². The Morgan fingerprint density at radius 3 is 2.69 bits per heavy atom. The second kappa shape index (κ2) is 8.82. The predicted molar refractivity (Wildman–Crippen MR) is 104 cm³/mol. The summed E-state index contributed by atoms with van der Waals surface area (Å²) in [6, 6.07) is 3.57. The van der Waals surface area contributed by atoms with Crippen LogP contribution >= 0.6 is 11.3 Å². The third-order valence-corrected chi connectivity index (χ3v) is 9.03. The van der Waals surface area contributed by atoms with Crippen molar-refractivity contribution in [1.82, 2.24) is 9.62 Å². The second-order valence-electron chi connectivity index (χ2n) is 7.26. The Labute approximate surface area is 160 Å². The van der Waals surface area contributed by atoms with Crippen molar-refractivity contribution >= 4 is 27.3 Å². The van der Waals surface area contributed by atoms with Crippen molar-refractivity contribution in [3.05, 3.63) is 17.0 Å². The van der Waals surface area contributed by atoms with Gasteiger partial charge in [0.25, 0.3) is 10.0 Å². The van der Waals surface area contributed by atoms with Gasteiger partial charge in [0, 0.05) is 30.4 Å². The molecule has 2 aliphatic rings. The van der Waals surface area contributed by atoms with Gasteiger partial charge in [-0.05, 0) is 56.7 Å². The van der Waals surface area contributed by atoms with E-state index in [0.29, 0.717) is 42.7 Å². The van der Waals surface area contributed by atoms with E-state index in [4.69, 9.17) is 5.73 Å². The van der Waals surface area contributed by atoms with E-state index in [2.05, 4.69) is 5.32 Å². The average Bonchev–Trinajstić information content (AvgIpc) is 3.32. The van der Waals surface area contributed by atoms with Gasteiger partial charge in [0.05, 0.1) is 0 Å². The molecule has 0 bridgehead atoms. The lowest BCUT2D eigenvalue weighted by molar-refractivity contribution is -0.125. The molecule has 2 atom stereocenters. The van der Waals surface area contributed by atoms with E-state index in [0.717, 1.165) is 43.4 Å². The van der Waals surface area contributed by atoms with Gasteiger partial charge in [-0.25, -0.2) is 8.42 Å². The lowest BCUT2D eigenvalue weighted by Gasteiger charge is -2.25. The van der Waals surface area contributed by atoms with Crippen LogP contribution in [0.1, 0.15) is 43.4 Å². The molecule has 26 heavy (non-hydrogen) atoms. The molecule has 1 amide bonds. The fourth-order valence-corrected chi connectivity index (χ4v) is 6.99. The number of carbonyl (C=O) groups excluding carboxylic acids is 1. The van der Waals surface area contributed by atoms with Crippen LogP contribution in [0.2, 0.25) is 0 Å². The molecule has 2 fully saturated rings. The Bertz CT molecular complexity index is 711. The lowest BCUT2D eigenvalue weighted by Crippen LogP contribution is -2.36. The second-order valence-corrected chi connectivity index (χ2v) is 10.6. The molecule has 8 heteroatoms. The highest BCUT2D eigenvalue weighted by molar-refractivity contribution is 7.91. The van der Waals surface area contributed by atoms with Gasteiger partial charge in [0.2, 0.25) is 5.91 Å². The summed E-state index contributed by atoms with van der Waals surface area (Å²) >= 11 is 1.32. The first kappa shape index (κ1) is 19.8. The summed E-state index contributed by atoms with van der Waals surface area (Å²) in [5, 5.41) is 3.00. The Morgan fingerprint density at radius 2 is 1.96 bits per heavy atom. The van der Waals surface area contributed by atoms with Crippen LogP contribution in [0.15, 0.2) is 16.3 Å². The molecule has 3 rings (SSSR count). The van der Waals surface area contributed by atoms with E-state index in [1.54, 1.807) is 10.4 Å². The van der Waals surface area contributed by atoms with Crippen molar-refractivity contribution < 1.29 is 13.2 Å². The first-order valence-corrected chi connectivity index (χ1v) is 11.8. The van der Waals surface area contributed by atoms with Crippen molar-refractivity contribution in [2.75, 3.05) is 26.2 Å².